The molecular weight excluding hydrogens is 368 g/mol. The molecule has 1 aromatic heterocycles. The van der Waals surface area contributed by atoms with Crippen LogP contribution in [-0.2, 0) is 24.4 Å². The Morgan fingerprint density at radius 3 is 2.46 bits per heavy atom. The zero-order valence-corrected chi connectivity index (χ0v) is 18.0. The normalized spacial score (nSPS) is 20.9. The second-order valence-corrected chi connectivity index (χ2v) is 8.43. The second kappa shape index (κ2) is 10.6. The lowest BCUT2D eigenvalue weighted by atomic mass is 10.1. The van der Waals surface area contributed by atoms with Gasteiger partial charge in [0.15, 0.2) is 5.96 Å². The number of morpholine rings is 1. The standard InChI is InChI=1S/C22H32N4OS/c1-4-23-22(25-13-21-6-5-11-28-21)24-12-19-7-9-20(10-8-19)16-26-14-17(2)27-18(3)15-26/h5-11,17-18H,4,12-16H2,1-3H3,(H2,23,24,25). The molecule has 6 heteroatoms. The molecule has 0 saturated carbocycles. The van der Waals surface area contributed by atoms with Gasteiger partial charge >= 0.3 is 0 Å². The van der Waals surface area contributed by atoms with Crippen LogP contribution in [0.3, 0.4) is 0 Å². The molecule has 1 aliphatic heterocycles. The molecule has 0 amide bonds. The van der Waals surface area contributed by atoms with Gasteiger partial charge in [0.2, 0.25) is 0 Å². The summed E-state index contributed by atoms with van der Waals surface area (Å²) in [5.41, 5.74) is 2.57. The highest BCUT2D eigenvalue weighted by molar-refractivity contribution is 7.09. The van der Waals surface area contributed by atoms with Gasteiger partial charge in [-0.2, -0.15) is 0 Å². The summed E-state index contributed by atoms with van der Waals surface area (Å²) in [5, 5.41) is 8.81. The van der Waals surface area contributed by atoms with E-state index >= 15 is 0 Å². The molecule has 5 nitrogen and oxygen atoms in total. The minimum absolute atomic E-state index is 0.309. The average Bonchev–Trinajstić information content (AvgIpc) is 3.18. The number of hydrogen-bond donors (Lipinski definition) is 2. The van der Waals surface area contributed by atoms with Gasteiger partial charge < -0.3 is 15.4 Å². The number of ether oxygens (including phenoxy) is 1. The second-order valence-electron chi connectivity index (χ2n) is 7.40. The Bertz CT molecular complexity index is 720. The third-order valence-electron chi connectivity index (χ3n) is 4.70. The van der Waals surface area contributed by atoms with E-state index in [0.717, 1.165) is 38.7 Å². The number of rotatable bonds is 7. The third kappa shape index (κ3) is 6.62. The lowest BCUT2D eigenvalue weighted by Gasteiger charge is -2.35. The van der Waals surface area contributed by atoms with Crippen LogP contribution in [-0.4, -0.2) is 42.7 Å². The number of aliphatic imine (C=N–C) groups is 1. The number of thiophene rings is 1. The quantitative estimate of drug-likeness (QED) is 0.551. The first-order valence-corrected chi connectivity index (χ1v) is 11.0. The fourth-order valence-corrected chi connectivity index (χ4v) is 4.16. The first kappa shape index (κ1) is 20.8. The van der Waals surface area contributed by atoms with Crippen molar-refractivity contribution in [2.24, 2.45) is 4.99 Å². The monoisotopic (exact) mass is 400 g/mol. The van der Waals surface area contributed by atoms with E-state index in [9.17, 15) is 0 Å². The highest BCUT2D eigenvalue weighted by atomic mass is 32.1. The Morgan fingerprint density at radius 2 is 1.82 bits per heavy atom. The summed E-state index contributed by atoms with van der Waals surface area (Å²) in [6.07, 6.45) is 0.618. The highest BCUT2D eigenvalue weighted by Crippen LogP contribution is 2.15. The van der Waals surface area contributed by atoms with Crippen molar-refractivity contribution in [2.45, 2.75) is 52.6 Å². The van der Waals surface area contributed by atoms with E-state index in [1.807, 2.05) is 0 Å². The van der Waals surface area contributed by atoms with Crippen LogP contribution in [0.15, 0.2) is 46.8 Å². The van der Waals surface area contributed by atoms with Gasteiger partial charge in [-0.25, -0.2) is 4.99 Å². The van der Waals surface area contributed by atoms with E-state index in [2.05, 4.69) is 78.1 Å². The minimum atomic E-state index is 0.309. The van der Waals surface area contributed by atoms with E-state index in [1.54, 1.807) is 11.3 Å². The zero-order valence-electron chi connectivity index (χ0n) is 17.1. The molecule has 1 aromatic carbocycles. The summed E-state index contributed by atoms with van der Waals surface area (Å²) in [6.45, 7) is 11.7. The molecule has 1 aliphatic rings. The summed E-state index contributed by atoms with van der Waals surface area (Å²) >= 11 is 1.76. The molecule has 2 atom stereocenters. The molecule has 0 radical (unpaired) electrons. The smallest absolute Gasteiger partial charge is 0.191 e. The van der Waals surface area contributed by atoms with Gasteiger partial charge in [-0.1, -0.05) is 30.3 Å². The van der Waals surface area contributed by atoms with Crippen LogP contribution in [0.1, 0.15) is 36.8 Å². The molecule has 3 rings (SSSR count). The van der Waals surface area contributed by atoms with Gasteiger partial charge in [0.25, 0.3) is 0 Å². The SMILES string of the molecule is CCNC(=NCc1ccc(CN2CC(C)OC(C)C2)cc1)NCc1cccs1. The molecule has 152 valence electrons. The molecule has 28 heavy (non-hydrogen) atoms. The van der Waals surface area contributed by atoms with E-state index in [0.29, 0.717) is 18.8 Å². The summed E-state index contributed by atoms with van der Waals surface area (Å²) in [4.78, 5) is 8.50. The van der Waals surface area contributed by atoms with Gasteiger partial charge in [0, 0.05) is 31.1 Å². The van der Waals surface area contributed by atoms with Crippen molar-refractivity contribution in [1.29, 1.82) is 0 Å². The number of hydrogen-bond acceptors (Lipinski definition) is 4. The van der Waals surface area contributed by atoms with Crippen molar-refractivity contribution in [3.8, 4) is 0 Å². The van der Waals surface area contributed by atoms with Crippen LogP contribution in [0, 0.1) is 0 Å². The van der Waals surface area contributed by atoms with Gasteiger partial charge in [-0.15, -0.1) is 11.3 Å². The molecule has 2 heterocycles. The van der Waals surface area contributed by atoms with Crippen molar-refractivity contribution in [3.05, 3.63) is 57.8 Å². The fraction of sp³-hybridized carbons (Fsp3) is 0.500. The number of benzene rings is 1. The van der Waals surface area contributed by atoms with Gasteiger partial charge in [0.1, 0.15) is 0 Å². The molecule has 1 saturated heterocycles. The Kier molecular flexibility index (Phi) is 7.89. The zero-order chi connectivity index (χ0) is 19.8. The lowest BCUT2D eigenvalue weighted by Crippen LogP contribution is -2.44. The topological polar surface area (TPSA) is 48.9 Å². The Balaban J connectivity index is 1.52. The molecule has 0 spiro atoms. The van der Waals surface area contributed by atoms with Gasteiger partial charge in [0.05, 0.1) is 25.3 Å². The fourth-order valence-electron chi connectivity index (χ4n) is 3.52. The number of guanidine groups is 1. The maximum Gasteiger partial charge on any atom is 0.191 e. The van der Waals surface area contributed by atoms with E-state index in [-0.39, 0.29) is 0 Å². The van der Waals surface area contributed by atoms with Crippen LogP contribution in [0.25, 0.3) is 0 Å². The molecule has 2 unspecified atom stereocenters. The molecule has 0 bridgehead atoms. The molecule has 0 aliphatic carbocycles. The Hall–Kier alpha value is -1.89. The van der Waals surface area contributed by atoms with Crippen molar-refractivity contribution in [1.82, 2.24) is 15.5 Å². The minimum Gasteiger partial charge on any atom is -0.373 e. The van der Waals surface area contributed by atoms with Crippen LogP contribution in [0.5, 0.6) is 0 Å². The first-order valence-electron chi connectivity index (χ1n) is 10.1. The van der Waals surface area contributed by atoms with Crippen molar-refractivity contribution in [3.63, 3.8) is 0 Å². The van der Waals surface area contributed by atoms with Crippen LogP contribution in [0.4, 0.5) is 0 Å². The summed E-state index contributed by atoms with van der Waals surface area (Å²) < 4.78 is 5.82. The predicted molar refractivity (Wildman–Crippen MR) is 118 cm³/mol. The maximum absolute atomic E-state index is 5.82. The molecular formula is C22H32N4OS. The number of nitrogens with zero attached hydrogens (tertiary/aromatic N) is 2. The largest absolute Gasteiger partial charge is 0.373 e. The van der Waals surface area contributed by atoms with Crippen molar-refractivity contribution < 1.29 is 4.74 Å². The molecule has 2 aromatic rings. The maximum atomic E-state index is 5.82. The number of nitrogens with one attached hydrogen (secondary N) is 2. The van der Waals surface area contributed by atoms with Gasteiger partial charge in [-0.3, -0.25) is 4.90 Å². The Labute approximate surface area is 172 Å². The molecule has 1 fully saturated rings. The van der Waals surface area contributed by atoms with Crippen LogP contribution >= 0.6 is 11.3 Å². The predicted octanol–water partition coefficient (Wildman–Crippen LogP) is 3.61. The first-order chi connectivity index (χ1) is 13.6. The van der Waals surface area contributed by atoms with E-state index in [1.165, 1.54) is 16.0 Å². The van der Waals surface area contributed by atoms with E-state index < -0.39 is 0 Å². The summed E-state index contributed by atoms with van der Waals surface area (Å²) in [5.74, 6) is 0.858. The molecule has 2 N–H and O–H groups in total. The summed E-state index contributed by atoms with van der Waals surface area (Å²) in [7, 11) is 0. The van der Waals surface area contributed by atoms with Gasteiger partial charge in [-0.05, 0) is 43.3 Å². The van der Waals surface area contributed by atoms with Crippen LogP contribution < -0.4 is 10.6 Å². The lowest BCUT2D eigenvalue weighted by molar-refractivity contribution is -0.0704. The van der Waals surface area contributed by atoms with Crippen molar-refractivity contribution in [2.75, 3.05) is 19.6 Å². The highest BCUT2D eigenvalue weighted by Gasteiger charge is 2.21. The Morgan fingerprint density at radius 1 is 1.11 bits per heavy atom. The average molecular weight is 401 g/mol. The van der Waals surface area contributed by atoms with Crippen molar-refractivity contribution >= 4 is 17.3 Å². The third-order valence-corrected chi connectivity index (χ3v) is 5.57. The summed E-state index contributed by atoms with van der Waals surface area (Å²) in [6, 6.07) is 13.0. The van der Waals surface area contributed by atoms with E-state index in [4.69, 9.17) is 9.73 Å². The van der Waals surface area contributed by atoms with Crippen LogP contribution in [0.2, 0.25) is 0 Å².